The van der Waals surface area contributed by atoms with Crippen LogP contribution in [-0.4, -0.2) is 15.9 Å². The van der Waals surface area contributed by atoms with Gasteiger partial charge in [-0.25, -0.2) is 4.98 Å². The van der Waals surface area contributed by atoms with Crippen molar-refractivity contribution < 1.29 is 0 Å². The van der Waals surface area contributed by atoms with Crippen LogP contribution in [0, 0.1) is 0 Å². The Morgan fingerprint density at radius 2 is 2.24 bits per heavy atom. The number of likely N-dealkylation sites (N-methyl/N-ethyl adjacent to an activating group) is 1. The highest BCUT2D eigenvalue weighted by atomic mass is 32.1. The molecular weight excluding hydrogens is 318 g/mol. The van der Waals surface area contributed by atoms with E-state index in [2.05, 4.69) is 51.9 Å². The predicted molar refractivity (Wildman–Crippen MR) is 92.9 cm³/mol. The maximum absolute atomic E-state index is 4.71. The highest BCUT2D eigenvalue weighted by molar-refractivity contribution is 7.27. The van der Waals surface area contributed by atoms with Crippen LogP contribution in [0.4, 0.5) is 0 Å². The number of thiazole rings is 1. The molecule has 3 nitrogen and oxygen atoms in total. The van der Waals surface area contributed by atoms with E-state index in [9.17, 15) is 0 Å². The van der Waals surface area contributed by atoms with Crippen LogP contribution in [-0.2, 0) is 6.42 Å². The molecule has 6 heteroatoms. The molecule has 108 valence electrons. The first kappa shape index (κ1) is 13.5. The molecule has 4 rings (SSSR count). The lowest BCUT2D eigenvalue weighted by Crippen LogP contribution is -2.22. The zero-order chi connectivity index (χ0) is 14.2. The molecule has 0 aliphatic rings. The zero-order valence-electron chi connectivity index (χ0n) is 11.6. The third-order valence-electron chi connectivity index (χ3n) is 3.51. The van der Waals surface area contributed by atoms with Gasteiger partial charge in [0.2, 0.25) is 0 Å². The number of thiophene rings is 2. The van der Waals surface area contributed by atoms with Crippen molar-refractivity contribution in [1.82, 2.24) is 14.7 Å². The van der Waals surface area contributed by atoms with Crippen LogP contribution in [0.2, 0.25) is 0 Å². The lowest BCUT2D eigenvalue weighted by atomic mass is 10.1. The molecule has 4 aromatic rings. The number of aromatic nitrogens is 2. The number of hydrogen-bond donors (Lipinski definition) is 1. The lowest BCUT2D eigenvalue weighted by molar-refractivity contribution is 0.554. The molecule has 4 heterocycles. The lowest BCUT2D eigenvalue weighted by Gasteiger charge is -2.14. The molecule has 0 aliphatic carbocycles. The van der Waals surface area contributed by atoms with Gasteiger partial charge in [0.05, 0.1) is 5.69 Å². The summed E-state index contributed by atoms with van der Waals surface area (Å²) in [6.45, 7) is 3.13. The molecule has 0 aliphatic heterocycles. The third kappa shape index (κ3) is 2.53. The second-order valence-electron chi connectivity index (χ2n) is 4.94. The Hall–Kier alpha value is -1.21. The van der Waals surface area contributed by atoms with Gasteiger partial charge in [0, 0.05) is 44.5 Å². The molecule has 1 atom stereocenters. The summed E-state index contributed by atoms with van der Waals surface area (Å²) in [5.74, 6) is 0. The highest BCUT2D eigenvalue weighted by Crippen LogP contribution is 2.34. The van der Waals surface area contributed by atoms with E-state index < -0.39 is 0 Å². The molecule has 0 radical (unpaired) electrons. The molecule has 4 aromatic heterocycles. The molecule has 0 aromatic carbocycles. The minimum absolute atomic E-state index is 0.351. The Labute approximate surface area is 134 Å². The van der Waals surface area contributed by atoms with E-state index in [4.69, 9.17) is 4.98 Å². The number of fused-ring (bicyclic) bond motifs is 2. The molecule has 0 fully saturated rings. The van der Waals surface area contributed by atoms with E-state index in [1.807, 2.05) is 22.7 Å². The second-order valence-corrected chi connectivity index (χ2v) is 7.87. The molecule has 1 N–H and O–H groups in total. The van der Waals surface area contributed by atoms with Crippen LogP contribution in [0.5, 0.6) is 0 Å². The predicted octanol–water partition coefficient (Wildman–Crippen LogP) is 4.57. The minimum atomic E-state index is 0.351. The van der Waals surface area contributed by atoms with Crippen molar-refractivity contribution in [3.63, 3.8) is 0 Å². The summed E-state index contributed by atoms with van der Waals surface area (Å²) in [6.07, 6.45) is 5.15. The Morgan fingerprint density at radius 1 is 1.29 bits per heavy atom. The number of nitrogens with zero attached hydrogens (tertiary/aromatic N) is 2. The van der Waals surface area contributed by atoms with Crippen LogP contribution in [0.25, 0.3) is 14.4 Å². The minimum Gasteiger partial charge on any atom is -0.309 e. The average Bonchev–Trinajstić information content (AvgIpc) is 3.16. The summed E-state index contributed by atoms with van der Waals surface area (Å²) in [5, 5.41) is 7.84. The molecule has 0 saturated heterocycles. The maximum Gasteiger partial charge on any atom is 0.193 e. The van der Waals surface area contributed by atoms with Crippen molar-refractivity contribution in [2.75, 3.05) is 6.54 Å². The fourth-order valence-corrected chi connectivity index (χ4v) is 5.47. The van der Waals surface area contributed by atoms with Crippen LogP contribution in [0.15, 0.2) is 35.3 Å². The molecule has 0 bridgehead atoms. The molecule has 0 spiro atoms. The smallest absolute Gasteiger partial charge is 0.193 e. The van der Waals surface area contributed by atoms with Crippen molar-refractivity contribution in [2.24, 2.45) is 0 Å². The average molecular weight is 334 g/mol. The van der Waals surface area contributed by atoms with E-state index in [1.54, 1.807) is 11.3 Å². The normalized spacial score (nSPS) is 13.4. The summed E-state index contributed by atoms with van der Waals surface area (Å²) in [7, 11) is 0. The standard InChI is InChI=1S/C15H15N3S3/c1-2-16-11(13-8-14-12(21-13)3-5-19-14)7-10-9-18-4-6-20-15(18)17-10/h3-6,8-9,11,16H,2,7H2,1H3. The van der Waals surface area contributed by atoms with Gasteiger partial charge >= 0.3 is 0 Å². The number of hydrogen-bond acceptors (Lipinski definition) is 5. The van der Waals surface area contributed by atoms with Crippen molar-refractivity contribution >= 4 is 48.4 Å². The molecule has 1 unspecified atom stereocenters. The van der Waals surface area contributed by atoms with E-state index >= 15 is 0 Å². The van der Waals surface area contributed by atoms with Gasteiger partial charge in [-0.2, -0.15) is 0 Å². The van der Waals surface area contributed by atoms with Gasteiger partial charge in [0.15, 0.2) is 4.96 Å². The SMILES string of the molecule is CCNC(Cc1cn2ccsc2n1)c1cc2sccc2s1. The van der Waals surface area contributed by atoms with Gasteiger partial charge in [-0.3, -0.25) is 4.40 Å². The van der Waals surface area contributed by atoms with Gasteiger partial charge in [-0.05, 0) is 24.1 Å². The monoisotopic (exact) mass is 333 g/mol. The van der Waals surface area contributed by atoms with E-state index in [1.165, 1.54) is 14.3 Å². The maximum atomic E-state index is 4.71. The van der Waals surface area contributed by atoms with Crippen molar-refractivity contribution in [3.05, 3.63) is 45.9 Å². The summed E-state index contributed by atoms with van der Waals surface area (Å²) < 4.78 is 4.89. The molecule has 0 amide bonds. The highest BCUT2D eigenvalue weighted by Gasteiger charge is 2.16. The fraction of sp³-hybridized carbons (Fsp3) is 0.267. The molecule has 21 heavy (non-hydrogen) atoms. The number of rotatable bonds is 5. The van der Waals surface area contributed by atoms with Crippen molar-refractivity contribution in [3.8, 4) is 0 Å². The Balaban J connectivity index is 1.64. The van der Waals surface area contributed by atoms with Crippen molar-refractivity contribution in [1.29, 1.82) is 0 Å². The molecule has 0 saturated carbocycles. The Kier molecular flexibility index (Phi) is 3.54. The Morgan fingerprint density at radius 3 is 3.05 bits per heavy atom. The largest absolute Gasteiger partial charge is 0.309 e. The fourth-order valence-electron chi connectivity index (χ4n) is 2.56. The van der Waals surface area contributed by atoms with Gasteiger partial charge in [-0.1, -0.05) is 6.92 Å². The van der Waals surface area contributed by atoms with Gasteiger partial charge < -0.3 is 5.32 Å². The van der Waals surface area contributed by atoms with Gasteiger partial charge in [-0.15, -0.1) is 34.0 Å². The zero-order valence-corrected chi connectivity index (χ0v) is 14.0. The quantitative estimate of drug-likeness (QED) is 0.580. The summed E-state index contributed by atoms with van der Waals surface area (Å²) in [4.78, 5) is 7.20. The topological polar surface area (TPSA) is 29.3 Å². The second kappa shape index (κ2) is 5.53. The number of nitrogens with one attached hydrogen (secondary N) is 1. The molecular formula is C15H15N3S3. The summed E-state index contributed by atoms with van der Waals surface area (Å²) in [5.41, 5.74) is 1.16. The van der Waals surface area contributed by atoms with Gasteiger partial charge in [0.25, 0.3) is 0 Å². The summed E-state index contributed by atoms with van der Waals surface area (Å²) in [6, 6.07) is 4.89. The first-order valence-corrected chi connectivity index (χ1v) is 9.52. The summed E-state index contributed by atoms with van der Waals surface area (Å²) >= 11 is 5.40. The van der Waals surface area contributed by atoms with Crippen LogP contribution in [0.1, 0.15) is 23.5 Å². The van der Waals surface area contributed by atoms with E-state index in [0.717, 1.165) is 23.6 Å². The first-order chi connectivity index (χ1) is 10.3. The van der Waals surface area contributed by atoms with E-state index in [-0.39, 0.29) is 0 Å². The Bertz CT molecular complexity index is 810. The van der Waals surface area contributed by atoms with Crippen molar-refractivity contribution in [2.45, 2.75) is 19.4 Å². The van der Waals surface area contributed by atoms with Crippen LogP contribution >= 0.6 is 34.0 Å². The van der Waals surface area contributed by atoms with E-state index in [0.29, 0.717) is 6.04 Å². The third-order valence-corrected chi connectivity index (χ3v) is 6.49. The first-order valence-electron chi connectivity index (χ1n) is 6.95. The number of imidazole rings is 1. The van der Waals surface area contributed by atoms with Crippen LogP contribution in [0.3, 0.4) is 0 Å². The van der Waals surface area contributed by atoms with Gasteiger partial charge in [0.1, 0.15) is 0 Å². The van der Waals surface area contributed by atoms with Crippen LogP contribution < -0.4 is 5.32 Å².